The molecule has 1 fully saturated rings. The van der Waals surface area contributed by atoms with Gasteiger partial charge in [0.25, 0.3) is 0 Å². The highest BCUT2D eigenvalue weighted by molar-refractivity contribution is 7.98. The minimum atomic E-state index is -0.833. The summed E-state index contributed by atoms with van der Waals surface area (Å²) in [5.41, 5.74) is 0. The number of carboxylic acid groups (broad SMARTS) is 1. The zero-order valence-electron chi connectivity index (χ0n) is 9.59. The largest absolute Gasteiger partial charge is 0.481 e. The van der Waals surface area contributed by atoms with Crippen molar-refractivity contribution in [3.8, 4) is 0 Å². The van der Waals surface area contributed by atoms with Crippen molar-refractivity contribution in [3.05, 3.63) is 11.7 Å². The number of aliphatic carboxylic acids is 1. The maximum Gasteiger partial charge on any atom is 0.315 e. The number of nitrogens with one attached hydrogen (secondary N) is 1. The predicted octanol–water partition coefficient (Wildman–Crippen LogP) is 0.670. The Bertz CT molecular complexity index is 444. The van der Waals surface area contributed by atoms with Crippen LogP contribution in [0.1, 0.15) is 35.8 Å². The van der Waals surface area contributed by atoms with Crippen LogP contribution in [0.2, 0.25) is 0 Å². The molecule has 18 heavy (non-hydrogen) atoms. The summed E-state index contributed by atoms with van der Waals surface area (Å²) >= 11 is 1.39. The maximum absolute atomic E-state index is 11.5. The summed E-state index contributed by atoms with van der Waals surface area (Å²) in [6.07, 6.45) is 2.09. The van der Waals surface area contributed by atoms with E-state index in [-0.39, 0.29) is 24.3 Å². The van der Waals surface area contributed by atoms with E-state index in [1.807, 2.05) is 0 Å². The first-order chi connectivity index (χ1) is 8.65. The van der Waals surface area contributed by atoms with Crippen molar-refractivity contribution in [2.45, 2.75) is 31.1 Å². The third kappa shape index (κ3) is 4.02. The van der Waals surface area contributed by atoms with Crippen LogP contribution in [-0.2, 0) is 10.5 Å². The highest BCUT2D eigenvalue weighted by Gasteiger charge is 2.26. The van der Waals surface area contributed by atoms with Crippen LogP contribution in [0.3, 0.4) is 0 Å². The highest BCUT2D eigenvalue weighted by Crippen LogP contribution is 2.19. The quantitative estimate of drug-likeness (QED) is 0.702. The van der Waals surface area contributed by atoms with E-state index in [4.69, 9.17) is 9.63 Å². The number of carbonyl (C=O) groups excluding carboxylic acids is 1. The molecule has 1 aromatic rings. The molecule has 0 radical (unpaired) electrons. The molecule has 0 atom stereocenters. The van der Waals surface area contributed by atoms with E-state index in [9.17, 15) is 9.59 Å². The highest BCUT2D eigenvalue weighted by atomic mass is 32.2. The number of carboxylic acids is 1. The number of amides is 1. The standard InChI is InChI=1S/C10H13N3O4S/c14-8(15)3-4-18-5-7-12-10(17-13-7)9(16)11-6-1-2-6/h6H,1-5H2,(H,11,16)(H,14,15). The molecular weight excluding hydrogens is 258 g/mol. The van der Waals surface area contributed by atoms with E-state index < -0.39 is 5.97 Å². The van der Waals surface area contributed by atoms with Crippen LogP contribution in [-0.4, -0.2) is 38.9 Å². The molecule has 0 unspecified atom stereocenters. The molecule has 0 aliphatic heterocycles. The van der Waals surface area contributed by atoms with E-state index in [0.717, 1.165) is 12.8 Å². The van der Waals surface area contributed by atoms with Gasteiger partial charge in [-0.3, -0.25) is 9.59 Å². The topological polar surface area (TPSA) is 105 Å². The van der Waals surface area contributed by atoms with Crippen LogP contribution in [0.25, 0.3) is 0 Å². The number of hydrogen-bond acceptors (Lipinski definition) is 6. The Labute approximate surface area is 107 Å². The number of aromatic nitrogens is 2. The van der Waals surface area contributed by atoms with Crippen molar-refractivity contribution in [1.82, 2.24) is 15.5 Å². The molecule has 8 heteroatoms. The molecule has 0 spiro atoms. The third-order valence-corrected chi connectivity index (χ3v) is 3.22. The van der Waals surface area contributed by atoms with E-state index in [2.05, 4.69) is 15.5 Å². The zero-order chi connectivity index (χ0) is 13.0. The van der Waals surface area contributed by atoms with Crippen molar-refractivity contribution >= 4 is 23.6 Å². The molecule has 1 amide bonds. The Kier molecular flexibility index (Phi) is 4.19. The molecule has 2 rings (SSSR count). The van der Waals surface area contributed by atoms with Gasteiger partial charge in [0.1, 0.15) is 0 Å². The van der Waals surface area contributed by atoms with Gasteiger partial charge in [0.2, 0.25) is 0 Å². The van der Waals surface area contributed by atoms with Gasteiger partial charge in [-0.2, -0.15) is 16.7 Å². The second kappa shape index (κ2) is 5.85. The number of hydrogen-bond donors (Lipinski definition) is 2. The first kappa shape index (κ1) is 12.9. The van der Waals surface area contributed by atoms with Gasteiger partial charge in [0.15, 0.2) is 5.82 Å². The average Bonchev–Trinajstić information content (AvgIpc) is 3.00. The Morgan fingerprint density at radius 1 is 1.50 bits per heavy atom. The molecule has 7 nitrogen and oxygen atoms in total. The summed E-state index contributed by atoms with van der Waals surface area (Å²) in [4.78, 5) is 25.8. The van der Waals surface area contributed by atoms with Crippen LogP contribution < -0.4 is 5.32 Å². The second-order valence-corrected chi connectivity index (χ2v) is 5.06. The molecule has 1 aliphatic carbocycles. The Morgan fingerprint density at radius 3 is 2.94 bits per heavy atom. The molecule has 1 aromatic heterocycles. The Hall–Kier alpha value is -1.57. The fraction of sp³-hybridized carbons (Fsp3) is 0.600. The average molecular weight is 271 g/mol. The summed E-state index contributed by atoms with van der Waals surface area (Å²) in [6, 6.07) is 0.248. The van der Waals surface area contributed by atoms with E-state index in [1.54, 1.807) is 0 Å². The molecule has 2 N–H and O–H groups in total. The number of nitrogens with zero attached hydrogens (tertiary/aromatic N) is 2. The summed E-state index contributed by atoms with van der Waals surface area (Å²) in [5, 5.41) is 14.9. The van der Waals surface area contributed by atoms with Crippen LogP contribution in [0.4, 0.5) is 0 Å². The maximum atomic E-state index is 11.5. The normalized spacial score (nSPS) is 14.4. The summed E-state index contributed by atoms with van der Waals surface area (Å²) < 4.78 is 4.83. The van der Waals surface area contributed by atoms with Gasteiger partial charge in [0, 0.05) is 11.8 Å². The fourth-order valence-corrected chi connectivity index (χ4v) is 1.97. The smallest absolute Gasteiger partial charge is 0.315 e. The minimum Gasteiger partial charge on any atom is -0.481 e. The van der Waals surface area contributed by atoms with Gasteiger partial charge in [0.05, 0.1) is 12.2 Å². The molecule has 1 saturated carbocycles. The monoisotopic (exact) mass is 271 g/mol. The molecule has 1 heterocycles. The van der Waals surface area contributed by atoms with Crippen molar-refractivity contribution in [1.29, 1.82) is 0 Å². The minimum absolute atomic E-state index is 0.0317. The Morgan fingerprint density at radius 2 is 2.28 bits per heavy atom. The number of thioether (sulfide) groups is 1. The van der Waals surface area contributed by atoms with Crippen LogP contribution in [0, 0.1) is 0 Å². The summed E-state index contributed by atoms with van der Waals surface area (Å²) in [6.45, 7) is 0. The predicted molar refractivity (Wildman–Crippen MR) is 63.2 cm³/mol. The summed E-state index contributed by atoms with van der Waals surface area (Å²) in [5.74, 6) is 0.120. The second-order valence-electron chi connectivity index (χ2n) is 3.96. The van der Waals surface area contributed by atoms with E-state index in [1.165, 1.54) is 11.8 Å². The van der Waals surface area contributed by atoms with Gasteiger partial charge in [-0.05, 0) is 12.8 Å². The lowest BCUT2D eigenvalue weighted by Crippen LogP contribution is -2.25. The van der Waals surface area contributed by atoms with E-state index in [0.29, 0.717) is 17.3 Å². The van der Waals surface area contributed by atoms with Gasteiger partial charge in [-0.1, -0.05) is 5.16 Å². The SMILES string of the molecule is O=C(O)CCSCc1noc(C(=O)NC2CC2)n1. The molecule has 0 bridgehead atoms. The Balaban J connectivity index is 1.74. The summed E-state index contributed by atoms with van der Waals surface area (Å²) in [7, 11) is 0. The van der Waals surface area contributed by atoms with Gasteiger partial charge < -0.3 is 14.9 Å². The first-order valence-electron chi connectivity index (χ1n) is 5.58. The van der Waals surface area contributed by atoms with Crippen LogP contribution in [0.5, 0.6) is 0 Å². The van der Waals surface area contributed by atoms with Crippen molar-refractivity contribution in [2.24, 2.45) is 0 Å². The van der Waals surface area contributed by atoms with Crippen LogP contribution >= 0.6 is 11.8 Å². The molecule has 1 aliphatic rings. The first-order valence-corrected chi connectivity index (χ1v) is 6.73. The van der Waals surface area contributed by atoms with Gasteiger partial charge >= 0.3 is 17.8 Å². The van der Waals surface area contributed by atoms with E-state index >= 15 is 0 Å². The fourth-order valence-electron chi connectivity index (χ4n) is 1.20. The van der Waals surface area contributed by atoms with Crippen molar-refractivity contribution < 1.29 is 19.2 Å². The molecule has 0 aromatic carbocycles. The lowest BCUT2D eigenvalue weighted by Gasteiger charge is -1.95. The number of rotatable bonds is 7. The lowest BCUT2D eigenvalue weighted by molar-refractivity contribution is -0.136. The van der Waals surface area contributed by atoms with Gasteiger partial charge in [-0.25, -0.2) is 0 Å². The van der Waals surface area contributed by atoms with Crippen LogP contribution in [0.15, 0.2) is 4.52 Å². The zero-order valence-corrected chi connectivity index (χ0v) is 10.4. The van der Waals surface area contributed by atoms with Crippen molar-refractivity contribution in [3.63, 3.8) is 0 Å². The number of carbonyl (C=O) groups is 2. The van der Waals surface area contributed by atoms with Gasteiger partial charge in [-0.15, -0.1) is 0 Å². The van der Waals surface area contributed by atoms with Crippen molar-refractivity contribution in [2.75, 3.05) is 5.75 Å². The lowest BCUT2D eigenvalue weighted by atomic mass is 10.5. The molecule has 98 valence electrons. The molecular formula is C10H13N3O4S. The third-order valence-electron chi connectivity index (χ3n) is 2.27. The molecule has 0 saturated heterocycles.